The average molecular weight is 348 g/mol. The van der Waals surface area contributed by atoms with E-state index in [0.29, 0.717) is 4.96 Å². The Morgan fingerprint density at radius 2 is 1.91 bits per heavy atom. The van der Waals surface area contributed by atoms with Gasteiger partial charge in [0.25, 0.3) is 5.56 Å². The number of fused-ring (bicyclic) bond motifs is 1. The molecule has 0 unspecified atom stereocenters. The number of hydrogen-bond donors (Lipinski definition) is 0. The Bertz CT molecular complexity index is 885. The van der Waals surface area contributed by atoms with Gasteiger partial charge >= 0.3 is 0 Å². The molecule has 0 radical (unpaired) electrons. The molecule has 23 heavy (non-hydrogen) atoms. The van der Waals surface area contributed by atoms with Crippen LogP contribution < -0.4 is 15.4 Å². The van der Waals surface area contributed by atoms with Gasteiger partial charge in [0.15, 0.2) is 5.13 Å². The Labute approximate surface area is 140 Å². The summed E-state index contributed by atoms with van der Waals surface area (Å²) in [5.41, 5.74) is 0.940. The smallest absolute Gasteiger partial charge is 0.275 e. The van der Waals surface area contributed by atoms with Gasteiger partial charge < -0.3 is 9.80 Å². The molecule has 4 rings (SSSR count). The van der Waals surface area contributed by atoms with Crippen LogP contribution in [0, 0.1) is 6.92 Å². The van der Waals surface area contributed by atoms with Crippen LogP contribution in [0.25, 0.3) is 4.96 Å². The molecule has 1 saturated heterocycles. The van der Waals surface area contributed by atoms with Gasteiger partial charge in [0, 0.05) is 43.8 Å². The summed E-state index contributed by atoms with van der Waals surface area (Å²) in [4.78, 5) is 25.8. The lowest BCUT2D eigenvalue weighted by Gasteiger charge is -2.20. The summed E-state index contributed by atoms with van der Waals surface area (Å²) >= 11 is 3.16. The predicted molar refractivity (Wildman–Crippen MR) is 93.0 cm³/mol. The first-order valence-corrected chi connectivity index (χ1v) is 9.17. The molecule has 3 aromatic rings. The minimum absolute atomic E-state index is 0.132. The third kappa shape index (κ3) is 2.81. The van der Waals surface area contributed by atoms with Gasteiger partial charge in [-0.2, -0.15) is 4.52 Å². The Balaban J connectivity index is 1.55. The average Bonchev–Trinajstić information content (AvgIpc) is 3.08. The van der Waals surface area contributed by atoms with Crippen molar-refractivity contribution >= 4 is 37.9 Å². The third-order valence-electron chi connectivity index (χ3n) is 3.80. The summed E-state index contributed by atoms with van der Waals surface area (Å²) in [5.74, 6) is 0. The van der Waals surface area contributed by atoms with Gasteiger partial charge in [-0.05, 0) is 13.3 Å². The Hall–Kier alpha value is -2.00. The molecule has 4 heterocycles. The minimum atomic E-state index is -0.132. The molecule has 0 amide bonds. The molecule has 0 aromatic carbocycles. The number of thiazole rings is 1. The van der Waals surface area contributed by atoms with Crippen molar-refractivity contribution in [2.75, 3.05) is 36.0 Å². The number of hydrogen-bond acceptors (Lipinski definition) is 8. The van der Waals surface area contributed by atoms with E-state index in [1.54, 1.807) is 11.3 Å². The van der Waals surface area contributed by atoms with E-state index in [1.807, 2.05) is 6.92 Å². The summed E-state index contributed by atoms with van der Waals surface area (Å²) in [7, 11) is 0. The van der Waals surface area contributed by atoms with Crippen molar-refractivity contribution in [3.63, 3.8) is 0 Å². The van der Waals surface area contributed by atoms with Crippen molar-refractivity contribution in [1.82, 2.24) is 19.6 Å². The molecule has 120 valence electrons. The number of aryl methyl sites for hydroxylation is 1. The molecule has 0 atom stereocenters. The zero-order valence-corrected chi connectivity index (χ0v) is 14.3. The number of rotatable bonds is 2. The van der Waals surface area contributed by atoms with E-state index in [0.717, 1.165) is 48.6 Å². The maximum absolute atomic E-state index is 11.8. The van der Waals surface area contributed by atoms with E-state index in [9.17, 15) is 4.79 Å². The van der Waals surface area contributed by atoms with Crippen LogP contribution in [0.5, 0.6) is 0 Å². The maximum Gasteiger partial charge on any atom is 0.275 e. The van der Waals surface area contributed by atoms with Crippen molar-refractivity contribution < 1.29 is 0 Å². The zero-order chi connectivity index (χ0) is 15.8. The van der Waals surface area contributed by atoms with Crippen LogP contribution >= 0.6 is 22.7 Å². The first-order chi connectivity index (χ1) is 11.2. The second kappa shape index (κ2) is 5.89. The fourth-order valence-electron chi connectivity index (χ4n) is 2.65. The summed E-state index contributed by atoms with van der Waals surface area (Å²) in [6.45, 7) is 5.72. The third-order valence-corrected chi connectivity index (χ3v) is 5.81. The van der Waals surface area contributed by atoms with Gasteiger partial charge in [-0.25, -0.2) is 9.97 Å². The molecule has 1 aliphatic rings. The quantitative estimate of drug-likeness (QED) is 0.701. The van der Waals surface area contributed by atoms with E-state index in [1.165, 1.54) is 28.1 Å². The second-order valence-electron chi connectivity index (χ2n) is 5.46. The van der Waals surface area contributed by atoms with Crippen LogP contribution in [0.1, 0.15) is 12.1 Å². The summed E-state index contributed by atoms with van der Waals surface area (Å²) in [6.07, 6.45) is 2.57. The topological polar surface area (TPSA) is 66.6 Å². The second-order valence-corrected chi connectivity index (χ2v) is 7.23. The van der Waals surface area contributed by atoms with Gasteiger partial charge in [0.2, 0.25) is 10.1 Å². The molecule has 0 spiro atoms. The van der Waals surface area contributed by atoms with Crippen molar-refractivity contribution in [2.45, 2.75) is 13.3 Å². The monoisotopic (exact) mass is 348 g/mol. The highest BCUT2D eigenvalue weighted by Crippen LogP contribution is 2.25. The molecule has 7 nitrogen and oxygen atoms in total. The highest BCUT2D eigenvalue weighted by Gasteiger charge is 2.20. The largest absolute Gasteiger partial charge is 0.346 e. The zero-order valence-electron chi connectivity index (χ0n) is 12.7. The van der Waals surface area contributed by atoms with Crippen LogP contribution in [-0.2, 0) is 0 Å². The number of anilines is 2. The van der Waals surface area contributed by atoms with Gasteiger partial charge in [0.1, 0.15) is 0 Å². The predicted octanol–water partition coefficient (Wildman–Crippen LogP) is 1.63. The molecular formula is C14H16N6OS2. The van der Waals surface area contributed by atoms with E-state index in [4.69, 9.17) is 0 Å². The first-order valence-electron chi connectivity index (χ1n) is 7.47. The Morgan fingerprint density at radius 1 is 1.13 bits per heavy atom. The van der Waals surface area contributed by atoms with Gasteiger partial charge in [-0.1, -0.05) is 11.3 Å². The lowest BCUT2D eigenvalue weighted by atomic mass is 10.4. The van der Waals surface area contributed by atoms with E-state index in [-0.39, 0.29) is 5.56 Å². The molecule has 0 saturated carbocycles. The van der Waals surface area contributed by atoms with E-state index >= 15 is 0 Å². The van der Waals surface area contributed by atoms with Crippen LogP contribution in [-0.4, -0.2) is 45.8 Å². The lowest BCUT2D eigenvalue weighted by molar-refractivity contribution is 0.785. The summed E-state index contributed by atoms with van der Waals surface area (Å²) < 4.78 is 1.38. The first kappa shape index (κ1) is 14.6. The maximum atomic E-state index is 11.8. The standard InChI is InChI=1S/C14H16N6OS2/c1-10-9-22-13(16-10)18-5-2-6-19(8-7-18)14-17-20-11(21)3-4-15-12(20)23-14/h3-4,9H,2,5-8H2,1H3. The molecule has 0 N–H and O–H groups in total. The molecule has 0 aliphatic carbocycles. The number of aromatic nitrogens is 4. The molecule has 0 bridgehead atoms. The lowest BCUT2D eigenvalue weighted by Crippen LogP contribution is -2.30. The number of nitrogens with zero attached hydrogens (tertiary/aromatic N) is 6. The highest BCUT2D eigenvalue weighted by atomic mass is 32.1. The van der Waals surface area contributed by atoms with Crippen molar-refractivity contribution in [3.05, 3.63) is 33.7 Å². The van der Waals surface area contributed by atoms with Crippen LogP contribution in [0.15, 0.2) is 22.4 Å². The van der Waals surface area contributed by atoms with Crippen LogP contribution in [0.2, 0.25) is 0 Å². The highest BCUT2D eigenvalue weighted by molar-refractivity contribution is 7.20. The van der Waals surface area contributed by atoms with Crippen molar-refractivity contribution in [3.8, 4) is 0 Å². The van der Waals surface area contributed by atoms with Crippen LogP contribution in [0.3, 0.4) is 0 Å². The van der Waals surface area contributed by atoms with Crippen molar-refractivity contribution in [2.24, 2.45) is 0 Å². The van der Waals surface area contributed by atoms with E-state index < -0.39 is 0 Å². The minimum Gasteiger partial charge on any atom is -0.346 e. The summed E-state index contributed by atoms with van der Waals surface area (Å²) in [5, 5.41) is 8.47. The molecular weight excluding hydrogens is 332 g/mol. The molecule has 9 heteroatoms. The van der Waals surface area contributed by atoms with Gasteiger partial charge in [0.05, 0.1) is 5.69 Å². The molecule has 1 fully saturated rings. The van der Waals surface area contributed by atoms with Gasteiger partial charge in [-0.3, -0.25) is 4.79 Å². The Kier molecular flexibility index (Phi) is 3.74. The Morgan fingerprint density at radius 3 is 2.61 bits per heavy atom. The van der Waals surface area contributed by atoms with E-state index in [2.05, 4.69) is 30.2 Å². The van der Waals surface area contributed by atoms with Gasteiger partial charge in [-0.15, -0.1) is 16.4 Å². The summed E-state index contributed by atoms with van der Waals surface area (Å²) in [6, 6.07) is 1.44. The fraction of sp³-hybridized carbons (Fsp3) is 0.429. The molecule has 1 aliphatic heterocycles. The normalized spacial score (nSPS) is 16.0. The SMILES string of the molecule is Cc1csc(N2CCCN(c3nn4c(=O)ccnc4s3)CC2)n1. The molecule has 3 aromatic heterocycles. The van der Waals surface area contributed by atoms with Crippen molar-refractivity contribution in [1.29, 1.82) is 0 Å². The van der Waals surface area contributed by atoms with Crippen LogP contribution in [0.4, 0.5) is 10.3 Å². The fourth-order valence-corrected chi connectivity index (χ4v) is 4.43.